The van der Waals surface area contributed by atoms with Crippen molar-refractivity contribution >= 4 is 44.2 Å². The monoisotopic (exact) mass is 412 g/mol. The third-order valence-corrected chi connectivity index (χ3v) is 5.47. The molecule has 2 aromatic carbocycles. The van der Waals surface area contributed by atoms with Gasteiger partial charge in [-0.2, -0.15) is 5.10 Å². The lowest BCUT2D eigenvalue weighted by molar-refractivity contribution is 0.102. The molecule has 0 fully saturated rings. The van der Waals surface area contributed by atoms with Crippen LogP contribution >= 0.6 is 22.9 Å². The molecular weight excluding hydrogens is 400 g/mol. The first-order valence-electron chi connectivity index (χ1n) is 8.48. The van der Waals surface area contributed by atoms with Gasteiger partial charge in [-0.3, -0.25) is 10.1 Å². The standard InChI is InChI=1S/C19H13ClN4O3S/c20-12-3-1-2-4-14(12)24-10-11(9-21-24)18(25)23-19-22-13-7-15-16(8-17(13)28-19)27-6-5-26-15/h1-4,7-10H,5-6H2,(H,22,23,25). The van der Waals surface area contributed by atoms with Crippen molar-refractivity contribution in [2.75, 3.05) is 18.5 Å². The molecule has 0 saturated carbocycles. The van der Waals surface area contributed by atoms with Crippen LogP contribution in [0, 0.1) is 0 Å². The Morgan fingerprint density at radius 3 is 2.79 bits per heavy atom. The molecule has 1 aliphatic rings. The van der Waals surface area contributed by atoms with E-state index in [1.807, 2.05) is 30.3 Å². The number of aromatic nitrogens is 3. The van der Waals surface area contributed by atoms with Crippen LogP contribution in [-0.2, 0) is 0 Å². The van der Waals surface area contributed by atoms with Crippen molar-refractivity contribution in [1.82, 2.24) is 14.8 Å². The van der Waals surface area contributed by atoms with Gasteiger partial charge in [-0.15, -0.1) is 0 Å². The summed E-state index contributed by atoms with van der Waals surface area (Å²) in [5, 5.41) is 8.09. The summed E-state index contributed by atoms with van der Waals surface area (Å²) in [5.41, 5.74) is 1.86. The maximum Gasteiger partial charge on any atom is 0.260 e. The number of halogens is 1. The number of fused-ring (bicyclic) bond motifs is 2. The molecule has 1 aliphatic heterocycles. The van der Waals surface area contributed by atoms with Gasteiger partial charge in [0.15, 0.2) is 16.6 Å². The van der Waals surface area contributed by atoms with Crippen molar-refractivity contribution in [3.63, 3.8) is 0 Å². The summed E-state index contributed by atoms with van der Waals surface area (Å²) in [6.45, 7) is 1.04. The molecular formula is C19H13ClN4O3S. The molecule has 140 valence electrons. The SMILES string of the molecule is O=C(Nc1nc2cc3c(cc2s1)OCCO3)c1cnn(-c2ccccc2Cl)c1. The average molecular weight is 413 g/mol. The maximum absolute atomic E-state index is 12.6. The van der Waals surface area contributed by atoms with Gasteiger partial charge in [0.2, 0.25) is 0 Å². The predicted octanol–water partition coefficient (Wildman–Crippen LogP) is 4.16. The molecule has 1 amide bonds. The first-order chi connectivity index (χ1) is 13.7. The van der Waals surface area contributed by atoms with E-state index in [4.69, 9.17) is 21.1 Å². The number of carbonyl (C=O) groups is 1. The maximum atomic E-state index is 12.6. The van der Waals surface area contributed by atoms with Crippen LogP contribution in [0.3, 0.4) is 0 Å². The Labute approximate surface area is 168 Å². The second-order valence-corrected chi connectivity index (χ2v) is 7.50. The van der Waals surface area contributed by atoms with E-state index < -0.39 is 0 Å². The number of anilines is 1. The van der Waals surface area contributed by atoms with Gasteiger partial charge in [0.25, 0.3) is 5.91 Å². The zero-order chi connectivity index (χ0) is 19.1. The first-order valence-corrected chi connectivity index (χ1v) is 9.68. The van der Waals surface area contributed by atoms with Gasteiger partial charge in [-0.1, -0.05) is 35.1 Å². The summed E-state index contributed by atoms with van der Waals surface area (Å²) in [6, 6.07) is 11.0. The molecule has 0 unspecified atom stereocenters. The van der Waals surface area contributed by atoms with Gasteiger partial charge in [-0.25, -0.2) is 9.67 Å². The fraction of sp³-hybridized carbons (Fsp3) is 0.105. The van der Waals surface area contributed by atoms with Crippen LogP contribution in [0.4, 0.5) is 5.13 Å². The molecule has 0 aliphatic carbocycles. The fourth-order valence-corrected chi connectivity index (χ4v) is 3.99. The van der Waals surface area contributed by atoms with Gasteiger partial charge in [-0.05, 0) is 12.1 Å². The molecule has 0 saturated heterocycles. The highest BCUT2D eigenvalue weighted by Gasteiger charge is 2.17. The van der Waals surface area contributed by atoms with E-state index >= 15 is 0 Å². The first kappa shape index (κ1) is 17.0. The minimum absolute atomic E-state index is 0.297. The van der Waals surface area contributed by atoms with E-state index in [9.17, 15) is 4.79 Å². The van der Waals surface area contributed by atoms with E-state index in [0.717, 1.165) is 10.2 Å². The third kappa shape index (κ3) is 3.06. The molecule has 4 aromatic rings. The highest BCUT2D eigenvalue weighted by atomic mass is 35.5. The van der Waals surface area contributed by atoms with Gasteiger partial charge in [0.05, 0.1) is 32.7 Å². The number of ether oxygens (including phenoxy) is 2. The molecule has 0 spiro atoms. The van der Waals surface area contributed by atoms with Crippen LogP contribution in [0.1, 0.15) is 10.4 Å². The number of benzene rings is 2. The third-order valence-electron chi connectivity index (χ3n) is 4.22. The number of hydrogen-bond donors (Lipinski definition) is 1. The molecule has 0 atom stereocenters. The van der Waals surface area contributed by atoms with Crippen LogP contribution < -0.4 is 14.8 Å². The number of nitrogens with zero attached hydrogens (tertiary/aromatic N) is 3. The molecule has 28 heavy (non-hydrogen) atoms. The van der Waals surface area contributed by atoms with E-state index in [-0.39, 0.29) is 5.91 Å². The minimum atomic E-state index is -0.297. The Morgan fingerprint density at radius 1 is 1.18 bits per heavy atom. The fourth-order valence-electron chi connectivity index (χ4n) is 2.90. The van der Waals surface area contributed by atoms with Crippen LogP contribution in [0.15, 0.2) is 48.8 Å². The molecule has 7 nitrogen and oxygen atoms in total. The van der Waals surface area contributed by atoms with Crippen molar-refractivity contribution in [2.45, 2.75) is 0 Å². The molecule has 1 N–H and O–H groups in total. The number of para-hydroxylation sites is 1. The lowest BCUT2D eigenvalue weighted by Gasteiger charge is -2.17. The number of amides is 1. The molecule has 0 bridgehead atoms. The van der Waals surface area contributed by atoms with Crippen molar-refractivity contribution < 1.29 is 14.3 Å². The number of rotatable bonds is 3. The van der Waals surface area contributed by atoms with Crippen LogP contribution in [0.25, 0.3) is 15.9 Å². The second-order valence-electron chi connectivity index (χ2n) is 6.06. The summed E-state index contributed by atoms with van der Waals surface area (Å²) < 4.78 is 13.6. The predicted molar refractivity (Wildman–Crippen MR) is 107 cm³/mol. The Balaban J connectivity index is 1.39. The van der Waals surface area contributed by atoms with Crippen molar-refractivity contribution in [3.8, 4) is 17.2 Å². The average Bonchev–Trinajstić information content (AvgIpc) is 3.33. The molecule has 5 rings (SSSR count). The number of carbonyl (C=O) groups excluding carboxylic acids is 1. The molecule has 0 radical (unpaired) electrons. The van der Waals surface area contributed by atoms with Gasteiger partial charge < -0.3 is 9.47 Å². The Bertz CT molecular complexity index is 1160. The van der Waals surface area contributed by atoms with Gasteiger partial charge in [0, 0.05) is 18.3 Å². The lowest BCUT2D eigenvalue weighted by atomic mass is 10.3. The summed E-state index contributed by atoms with van der Waals surface area (Å²) >= 11 is 7.56. The van der Waals surface area contributed by atoms with Crippen molar-refractivity contribution in [3.05, 3.63) is 59.4 Å². The number of nitrogens with one attached hydrogen (secondary N) is 1. The summed E-state index contributed by atoms with van der Waals surface area (Å²) in [5.74, 6) is 1.07. The van der Waals surface area contributed by atoms with E-state index in [1.54, 1.807) is 16.9 Å². The van der Waals surface area contributed by atoms with Crippen LogP contribution in [0.2, 0.25) is 5.02 Å². The number of thiazole rings is 1. The summed E-state index contributed by atoms with van der Waals surface area (Å²) in [4.78, 5) is 17.1. The van der Waals surface area contributed by atoms with Crippen molar-refractivity contribution in [1.29, 1.82) is 0 Å². The van der Waals surface area contributed by atoms with Crippen LogP contribution in [0.5, 0.6) is 11.5 Å². The summed E-state index contributed by atoms with van der Waals surface area (Å²) in [6.07, 6.45) is 3.12. The molecule has 2 aromatic heterocycles. The summed E-state index contributed by atoms with van der Waals surface area (Å²) in [7, 11) is 0. The van der Waals surface area contributed by atoms with Crippen molar-refractivity contribution in [2.24, 2.45) is 0 Å². The number of hydrogen-bond acceptors (Lipinski definition) is 6. The van der Waals surface area contributed by atoms with E-state index in [1.165, 1.54) is 17.5 Å². The highest BCUT2D eigenvalue weighted by Crippen LogP contribution is 2.37. The Kier molecular flexibility index (Phi) is 4.14. The lowest BCUT2D eigenvalue weighted by Crippen LogP contribution is -2.15. The molecule has 9 heteroatoms. The van der Waals surface area contributed by atoms with Crippen LogP contribution in [-0.4, -0.2) is 33.9 Å². The van der Waals surface area contributed by atoms with E-state index in [0.29, 0.717) is 46.1 Å². The van der Waals surface area contributed by atoms with E-state index in [2.05, 4.69) is 15.4 Å². The smallest absolute Gasteiger partial charge is 0.260 e. The second kappa shape index (κ2) is 6.81. The van der Waals surface area contributed by atoms with Gasteiger partial charge >= 0.3 is 0 Å². The quantitative estimate of drug-likeness (QED) is 0.546. The Hall–Kier alpha value is -3.10. The Morgan fingerprint density at radius 2 is 1.96 bits per heavy atom. The zero-order valence-electron chi connectivity index (χ0n) is 14.4. The molecule has 3 heterocycles. The minimum Gasteiger partial charge on any atom is -0.486 e. The zero-order valence-corrected chi connectivity index (χ0v) is 16.0. The normalized spacial score (nSPS) is 12.9. The highest BCUT2D eigenvalue weighted by molar-refractivity contribution is 7.22. The largest absolute Gasteiger partial charge is 0.486 e. The topological polar surface area (TPSA) is 78.3 Å². The van der Waals surface area contributed by atoms with Gasteiger partial charge in [0.1, 0.15) is 13.2 Å².